The van der Waals surface area contributed by atoms with Crippen LogP contribution in [0.1, 0.15) is 16.1 Å². The summed E-state index contributed by atoms with van der Waals surface area (Å²) in [6.07, 6.45) is 0.849. The van der Waals surface area contributed by atoms with Crippen molar-refractivity contribution in [1.29, 1.82) is 0 Å². The molecule has 2 rings (SSSR count). The maximum atomic E-state index is 11.8. The number of carbonyl (C=O) groups is 1. The largest absolute Gasteiger partial charge is 0.397 e. The van der Waals surface area contributed by atoms with Crippen LogP contribution in [0.2, 0.25) is 0 Å². The number of aromatic nitrogens is 1. The maximum absolute atomic E-state index is 11.8. The Labute approximate surface area is 122 Å². The number of hydrogen-bond donors (Lipinski definition) is 2. The van der Waals surface area contributed by atoms with E-state index in [2.05, 4.69) is 10.3 Å². The molecule has 0 bridgehead atoms. The molecule has 3 N–H and O–H groups in total. The number of nitrogens with one attached hydrogen (secondary N) is 1. The van der Waals surface area contributed by atoms with Crippen LogP contribution >= 0.6 is 11.3 Å². The van der Waals surface area contributed by atoms with Gasteiger partial charge in [0, 0.05) is 38.0 Å². The van der Waals surface area contributed by atoms with E-state index < -0.39 is 0 Å². The first-order valence-electron chi connectivity index (χ1n) is 6.30. The van der Waals surface area contributed by atoms with E-state index in [4.69, 9.17) is 5.73 Å². The highest BCUT2D eigenvalue weighted by Crippen LogP contribution is 2.20. The zero-order valence-electron chi connectivity index (χ0n) is 11.6. The Morgan fingerprint density at radius 2 is 2.25 bits per heavy atom. The minimum absolute atomic E-state index is 0.0503. The second-order valence-corrected chi connectivity index (χ2v) is 5.38. The van der Waals surface area contributed by atoms with Gasteiger partial charge in [0.25, 0.3) is 5.91 Å². The smallest absolute Gasteiger partial charge is 0.253 e. The third-order valence-electron chi connectivity index (χ3n) is 2.88. The van der Waals surface area contributed by atoms with Gasteiger partial charge in [0.15, 0.2) is 0 Å². The average molecular weight is 290 g/mol. The number of carbonyl (C=O) groups excluding carboxylic acids is 1. The maximum Gasteiger partial charge on any atom is 0.253 e. The van der Waals surface area contributed by atoms with E-state index in [-0.39, 0.29) is 5.91 Å². The second-order valence-electron chi connectivity index (χ2n) is 4.66. The number of nitrogens with two attached hydrogens (primary N) is 1. The van der Waals surface area contributed by atoms with Crippen molar-refractivity contribution < 1.29 is 4.79 Å². The number of hydrogen-bond acceptors (Lipinski definition) is 5. The van der Waals surface area contributed by atoms with Gasteiger partial charge in [-0.1, -0.05) is 0 Å². The first-order valence-corrected chi connectivity index (χ1v) is 7.24. The van der Waals surface area contributed by atoms with Crippen LogP contribution in [-0.4, -0.2) is 36.4 Å². The van der Waals surface area contributed by atoms with E-state index in [1.807, 2.05) is 17.0 Å². The van der Waals surface area contributed by atoms with E-state index in [1.165, 1.54) is 4.90 Å². The highest BCUT2D eigenvalue weighted by molar-refractivity contribution is 7.07. The molecule has 0 aliphatic carbocycles. The van der Waals surface area contributed by atoms with Gasteiger partial charge < -0.3 is 16.0 Å². The molecule has 1 amide bonds. The molecule has 0 unspecified atom stereocenters. The molecule has 1 aromatic heterocycles. The molecule has 0 fully saturated rings. The van der Waals surface area contributed by atoms with E-state index >= 15 is 0 Å². The fourth-order valence-corrected chi connectivity index (χ4v) is 2.39. The van der Waals surface area contributed by atoms with Crippen LogP contribution in [0.5, 0.6) is 0 Å². The molecule has 5 nitrogen and oxygen atoms in total. The van der Waals surface area contributed by atoms with Crippen molar-refractivity contribution in [3.8, 4) is 0 Å². The van der Waals surface area contributed by atoms with Gasteiger partial charge in [-0.15, -0.1) is 11.3 Å². The van der Waals surface area contributed by atoms with Gasteiger partial charge in [0.2, 0.25) is 0 Å². The van der Waals surface area contributed by atoms with Crippen LogP contribution in [0.3, 0.4) is 0 Å². The summed E-state index contributed by atoms with van der Waals surface area (Å²) < 4.78 is 0. The van der Waals surface area contributed by atoms with Gasteiger partial charge in [0.1, 0.15) is 0 Å². The fourth-order valence-electron chi connectivity index (χ4n) is 1.80. The van der Waals surface area contributed by atoms with E-state index in [1.54, 1.807) is 37.6 Å². The summed E-state index contributed by atoms with van der Waals surface area (Å²) in [5.41, 5.74) is 10.9. The molecule has 2 aromatic rings. The SMILES string of the molecule is CN(C)C(=O)c1ccc(NCCc2cscn2)c(N)c1. The number of anilines is 2. The summed E-state index contributed by atoms with van der Waals surface area (Å²) in [5.74, 6) is -0.0503. The Hall–Kier alpha value is -2.08. The molecule has 20 heavy (non-hydrogen) atoms. The Bertz CT molecular complexity index is 581. The van der Waals surface area contributed by atoms with Gasteiger partial charge in [-0.05, 0) is 18.2 Å². The number of nitrogens with zero attached hydrogens (tertiary/aromatic N) is 2. The third kappa shape index (κ3) is 3.48. The van der Waals surface area contributed by atoms with Gasteiger partial charge >= 0.3 is 0 Å². The standard InChI is InChI=1S/C14H18N4OS/c1-18(2)14(19)10-3-4-13(12(15)7-10)16-6-5-11-8-20-9-17-11/h3-4,7-9,16H,5-6,15H2,1-2H3. The lowest BCUT2D eigenvalue weighted by Crippen LogP contribution is -2.21. The van der Waals surface area contributed by atoms with Gasteiger partial charge in [-0.25, -0.2) is 4.98 Å². The minimum Gasteiger partial charge on any atom is -0.397 e. The predicted molar refractivity (Wildman–Crippen MR) is 83.2 cm³/mol. The van der Waals surface area contributed by atoms with Crippen molar-refractivity contribution in [1.82, 2.24) is 9.88 Å². The van der Waals surface area contributed by atoms with Gasteiger partial charge in [-0.3, -0.25) is 4.79 Å². The number of amides is 1. The quantitative estimate of drug-likeness (QED) is 0.827. The third-order valence-corrected chi connectivity index (χ3v) is 3.52. The minimum atomic E-state index is -0.0503. The van der Waals surface area contributed by atoms with Gasteiger partial charge in [0.05, 0.1) is 22.6 Å². The normalized spacial score (nSPS) is 10.3. The van der Waals surface area contributed by atoms with Crippen LogP contribution in [0, 0.1) is 0 Å². The van der Waals surface area contributed by atoms with Crippen LogP contribution in [-0.2, 0) is 6.42 Å². The molecule has 0 radical (unpaired) electrons. The molecule has 1 heterocycles. The number of thiazole rings is 1. The second kappa shape index (κ2) is 6.38. The molecule has 106 valence electrons. The summed E-state index contributed by atoms with van der Waals surface area (Å²) >= 11 is 1.59. The molecule has 0 aliphatic rings. The monoisotopic (exact) mass is 290 g/mol. The lowest BCUT2D eigenvalue weighted by atomic mass is 10.1. The Morgan fingerprint density at radius 1 is 1.45 bits per heavy atom. The highest BCUT2D eigenvalue weighted by atomic mass is 32.1. The number of rotatable bonds is 5. The first kappa shape index (κ1) is 14.3. The lowest BCUT2D eigenvalue weighted by molar-refractivity contribution is 0.0827. The summed E-state index contributed by atoms with van der Waals surface area (Å²) in [7, 11) is 3.44. The molecular weight excluding hydrogens is 272 g/mol. The highest BCUT2D eigenvalue weighted by Gasteiger charge is 2.09. The molecular formula is C14H18N4OS. The summed E-state index contributed by atoms with van der Waals surface area (Å²) in [6, 6.07) is 5.32. The van der Waals surface area contributed by atoms with Crippen molar-refractivity contribution in [2.24, 2.45) is 0 Å². The lowest BCUT2D eigenvalue weighted by Gasteiger charge is -2.13. The average Bonchev–Trinajstić information content (AvgIpc) is 2.92. The molecule has 0 aliphatic heterocycles. The molecule has 6 heteroatoms. The molecule has 0 atom stereocenters. The Morgan fingerprint density at radius 3 is 2.85 bits per heavy atom. The van der Waals surface area contributed by atoms with Crippen molar-refractivity contribution in [3.05, 3.63) is 40.3 Å². The topological polar surface area (TPSA) is 71.2 Å². The van der Waals surface area contributed by atoms with Crippen LogP contribution < -0.4 is 11.1 Å². The molecule has 0 saturated carbocycles. The predicted octanol–water partition coefficient (Wildman–Crippen LogP) is 2.08. The zero-order valence-corrected chi connectivity index (χ0v) is 12.4. The molecule has 0 saturated heterocycles. The van der Waals surface area contributed by atoms with Crippen LogP contribution in [0.25, 0.3) is 0 Å². The fraction of sp³-hybridized carbons (Fsp3) is 0.286. The molecule has 1 aromatic carbocycles. The van der Waals surface area contributed by atoms with Crippen molar-refractivity contribution in [3.63, 3.8) is 0 Å². The summed E-state index contributed by atoms with van der Waals surface area (Å²) in [4.78, 5) is 17.6. The Kier molecular flexibility index (Phi) is 4.57. The zero-order chi connectivity index (χ0) is 14.5. The number of nitrogen functional groups attached to an aromatic ring is 1. The van der Waals surface area contributed by atoms with E-state index in [9.17, 15) is 4.79 Å². The van der Waals surface area contributed by atoms with Crippen molar-refractivity contribution in [2.75, 3.05) is 31.7 Å². The number of benzene rings is 1. The van der Waals surface area contributed by atoms with E-state index in [0.717, 1.165) is 24.3 Å². The van der Waals surface area contributed by atoms with Crippen molar-refractivity contribution in [2.45, 2.75) is 6.42 Å². The van der Waals surface area contributed by atoms with Crippen LogP contribution in [0.15, 0.2) is 29.1 Å². The van der Waals surface area contributed by atoms with Crippen LogP contribution in [0.4, 0.5) is 11.4 Å². The summed E-state index contributed by atoms with van der Waals surface area (Å²) in [6.45, 7) is 0.759. The molecule has 0 spiro atoms. The van der Waals surface area contributed by atoms with Gasteiger partial charge in [-0.2, -0.15) is 0 Å². The van der Waals surface area contributed by atoms with Crippen molar-refractivity contribution >= 4 is 28.6 Å². The summed E-state index contributed by atoms with van der Waals surface area (Å²) in [5, 5.41) is 5.29. The first-order chi connectivity index (χ1) is 9.58. The Balaban J connectivity index is 1.97. The van der Waals surface area contributed by atoms with E-state index in [0.29, 0.717) is 11.3 Å².